The Morgan fingerprint density at radius 3 is 2.79 bits per heavy atom. The van der Waals surface area contributed by atoms with Crippen molar-refractivity contribution in [1.29, 1.82) is 0 Å². The van der Waals surface area contributed by atoms with Crippen molar-refractivity contribution in [2.75, 3.05) is 12.8 Å². The van der Waals surface area contributed by atoms with Gasteiger partial charge >= 0.3 is 0 Å². The second kappa shape index (κ2) is 4.78. The van der Waals surface area contributed by atoms with Crippen molar-refractivity contribution in [2.24, 2.45) is 0 Å². The number of rotatable bonds is 1. The number of benzene rings is 2. The summed E-state index contributed by atoms with van der Waals surface area (Å²) in [4.78, 5) is 4.48. The Hall–Kier alpha value is -2.27. The molecule has 0 spiro atoms. The quantitative estimate of drug-likeness (QED) is 0.371. The van der Waals surface area contributed by atoms with Crippen LogP contribution in [0.1, 0.15) is 0 Å². The molecule has 0 fully saturated rings. The van der Waals surface area contributed by atoms with Crippen molar-refractivity contribution >= 4 is 16.8 Å². The lowest BCUT2D eigenvalue weighted by Gasteiger charge is -2.07. The largest absolute Gasteiger partial charge is 1.00 e. The predicted molar refractivity (Wildman–Crippen MR) is 66.7 cm³/mol. The van der Waals surface area contributed by atoms with E-state index in [2.05, 4.69) is 4.98 Å². The maximum atomic E-state index is 5.83. The highest BCUT2D eigenvalue weighted by Gasteiger charge is 2.13. The monoisotopic (exact) mass is 277 g/mol. The molecule has 6 heteroatoms. The minimum atomic E-state index is 0. The van der Waals surface area contributed by atoms with Crippen molar-refractivity contribution in [3.63, 3.8) is 0 Å². The van der Waals surface area contributed by atoms with Crippen LogP contribution < -0.4 is 33.6 Å². The summed E-state index contributed by atoms with van der Waals surface area (Å²) in [5.74, 6) is 1.19. The average molecular weight is 278 g/mol. The summed E-state index contributed by atoms with van der Waals surface area (Å²) in [5.41, 5.74) is 8.41. The third-order valence-electron chi connectivity index (χ3n) is 2.76. The Kier molecular flexibility index (Phi) is 3.31. The number of methoxy groups -OCH3 is 1. The van der Waals surface area contributed by atoms with Crippen LogP contribution in [0.25, 0.3) is 22.6 Å². The number of fused-ring (bicyclic) bond motifs is 2. The fraction of sp³-hybridized carbons (Fsp3) is 0.0769. The molecule has 0 bridgehead atoms. The van der Waals surface area contributed by atoms with Crippen molar-refractivity contribution in [1.82, 2.24) is 4.98 Å². The number of nitrogen functional groups attached to an aromatic ring is 1. The first-order valence-electron chi connectivity index (χ1n) is 5.44. The van der Waals surface area contributed by atoms with Crippen LogP contribution in [0.2, 0.25) is 0 Å². The van der Waals surface area contributed by atoms with Crippen LogP contribution in [-0.2, 0) is 0 Å². The summed E-state index contributed by atoms with van der Waals surface area (Å²) in [6.45, 7) is 0. The van der Waals surface area contributed by atoms with Crippen molar-refractivity contribution in [3.05, 3.63) is 35.7 Å². The molecule has 1 aromatic rings. The second-order valence-corrected chi connectivity index (χ2v) is 4.00. The van der Waals surface area contributed by atoms with Gasteiger partial charge in [0, 0.05) is 17.8 Å². The molecule has 1 heterocycles. The van der Waals surface area contributed by atoms with E-state index in [1.54, 1.807) is 31.4 Å². The van der Waals surface area contributed by atoms with Crippen LogP contribution in [-0.4, -0.2) is 12.1 Å². The maximum absolute atomic E-state index is 5.83. The molecule has 0 amide bonds. The Labute approximate surface area is 115 Å². The van der Waals surface area contributed by atoms with Crippen molar-refractivity contribution < 1.29 is 27.0 Å². The van der Waals surface area contributed by atoms with E-state index in [-0.39, 0.29) is 12.4 Å². The van der Waals surface area contributed by atoms with Gasteiger partial charge in [0.05, 0.1) is 13.2 Å². The molecule has 0 aromatic heterocycles. The van der Waals surface area contributed by atoms with Gasteiger partial charge in [0.25, 0.3) is 0 Å². The number of halogens is 1. The van der Waals surface area contributed by atoms with Gasteiger partial charge in [-0.1, -0.05) is 0 Å². The first kappa shape index (κ1) is 13.2. The molecule has 2 aliphatic rings. The molecule has 19 heavy (non-hydrogen) atoms. The Balaban J connectivity index is 0.00000133. The average Bonchev–Trinajstić information content (AvgIpc) is 2.35. The van der Waals surface area contributed by atoms with E-state index in [4.69, 9.17) is 20.3 Å². The van der Waals surface area contributed by atoms with Crippen molar-refractivity contribution in [3.8, 4) is 17.2 Å². The number of aromatic nitrogens is 1. The smallest absolute Gasteiger partial charge is 0.242 e. The number of hydrogen-bond acceptors (Lipinski definition) is 4. The first-order valence-corrected chi connectivity index (χ1v) is 5.44. The molecule has 0 unspecified atom stereocenters. The highest BCUT2D eigenvalue weighted by atomic mass is 35.5. The third-order valence-corrected chi connectivity index (χ3v) is 2.76. The van der Waals surface area contributed by atoms with E-state index < -0.39 is 0 Å². The van der Waals surface area contributed by atoms with E-state index >= 15 is 0 Å². The molecule has 0 saturated carbocycles. The fourth-order valence-electron chi connectivity index (χ4n) is 1.86. The lowest BCUT2D eigenvalue weighted by Crippen LogP contribution is -3.00. The van der Waals surface area contributed by atoms with Gasteiger partial charge in [0.1, 0.15) is 11.2 Å². The van der Waals surface area contributed by atoms with Crippen LogP contribution in [0.15, 0.2) is 34.7 Å². The van der Waals surface area contributed by atoms with E-state index in [0.717, 1.165) is 5.52 Å². The SMILES string of the molecule is COc1cc2nc3ccc(N)cc3oc-2cc1=[NH2+].[Cl-]. The molecule has 1 aromatic carbocycles. The number of nitrogens with zero attached hydrogens (tertiary/aromatic N) is 1. The first-order chi connectivity index (χ1) is 8.67. The predicted octanol–water partition coefficient (Wildman–Crippen LogP) is -2.81. The van der Waals surface area contributed by atoms with E-state index in [0.29, 0.717) is 33.8 Å². The van der Waals surface area contributed by atoms with Gasteiger partial charge in [-0.3, -0.25) is 5.41 Å². The minimum absolute atomic E-state index is 0. The molecule has 0 saturated heterocycles. The number of nitrogens with two attached hydrogens (primary N) is 2. The zero-order valence-corrected chi connectivity index (χ0v) is 10.9. The minimum Gasteiger partial charge on any atom is -1.00 e. The lowest BCUT2D eigenvalue weighted by atomic mass is 10.2. The summed E-state index contributed by atoms with van der Waals surface area (Å²) in [6.07, 6.45) is 0. The number of ether oxygens (including phenoxy) is 1. The summed E-state index contributed by atoms with van der Waals surface area (Å²) in [5, 5.41) is 6.35. The summed E-state index contributed by atoms with van der Waals surface area (Å²) in [6, 6.07) is 8.79. The van der Waals surface area contributed by atoms with E-state index in [1.807, 2.05) is 6.07 Å². The maximum Gasteiger partial charge on any atom is 0.242 e. The van der Waals surface area contributed by atoms with Gasteiger partial charge < -0.3 is 27.3 Å². The zero-order valence-electron chi connectivity index (χ0n) is 10.2. The number of hydrogen-bond donors (Lipinski definition) is 2. The normalized spacial score (nSPS) is 10.4. The molecular formula is C13H12ClN3O2. The van der Waals surface area contributed by atoms with Gasteiger partial charge in [-0.2, -0.15) is 0 Å². The third kappa shape index (κ3) is 2.20. The molecule has 0 radical (unpaired) electrons. The van der Waals surface area contributed by atoms with Gasteiger partial charge in [-0.15, -0.1) is 0 Å². The van der Waals surface area contributed by atoms with Crippen LogP contribution in [0.3, 0.4) is 0 Å². The summed E-state index contributed by atoms with van der Waals surface area (Å²) < 4.78 is 10.9. The van der Waals surface area contributed by atoms with Gasteiger partial charge in [-0.25, -0.2) is 4.98 Å². The van der Waals surface area contributed by atoms with Gasteiger partial charge in [0.2, 0.25) is 5.36 Å². The molecule has 98 valence electrons. The van der Waals surface area contributed by atoms with Crippen LogP contribution >= 0.6 is 0 Å². The molecule has 4 N–H and O–H groups in total. The second-order valence-electron chi connectivity index (χ2n) is 4.00. The molecule has 1 aliphatic heterocycles. The lowest BCUT2D eigenvalue weighted by molar-refractivity contribution is -0.174. The van der Waals surface area contributed by atoms with E-state index in [1.165, 1.54) is 0 Å². The fourth-order valence-corrected chi connectivity index (χ4v) is 1.86. The van der Waals surface area contributed by atoms with Crippen LogP contribution in [0.4, 0.5) is 5.69 Å². The van der Waals surface area contributed by atoms with Gasteiger partial charge in [0.15, 0.2) is 17.1 Å². The topological polar surface area (TPSA) is 86.9 Å². The summed E-state index contributed by atoms with van der Waals surface area (Å²) in [7, 11) is 1.57. The molecular weight excluding hydrogens is 266 g/mol. The Morgan fingerprint density at radius 1 is 1.26 bits per heavy atom. The molecule has 1 aliphatic carbocycles. The van der Waals surface area contributed by atoms with Crippen LogP contribution in [0.5, 0.6) is 5.75 Å². The highest BCUT2D eigenvalue weighted by molar-refractivity contribution is 5.79. The summed E-state index contributed by atoms with van der Waals surface area (Å²) >= 11 is 0. The van der Waals surface area contributed by atoms with Crippen molar-refractivity contribution in [2.45, 2.75) is 0 Å². The zero-order chi connectivity index (χ0) is 12.7. The van der Waals surface area contributed by atoms with Crippen LogP contribution in [0, 0.1) is 0 Å². The van der Waals surface area contributed by atoms with E-state index in [9.17, 15) is 0 Å². The Morgan fingerprint density at radius 2 is 2.05 bits per heavy atom. The number of anilines is 1. The van der Waals surface area contributed by atoms with Gasteiger partial charge in [-0.05, 0) is 12.1 Å². The highest BCUT2D eigenvalue weighted by Crippen LogP contribution is 2.26. The molecule has 0 atom stereocenters. The molecule has 5 nitrogen and oxygen atoms in total. The standard InChI is InChI=1S/C13H11N3O2.ClH/c1-17-11-6-10-13(5-8(11)15)18-12-4-7(14)2-3-9(12)16-10;/h2-6,15H,14H2,1H3;1H. The Bertz CT molecular complexity index is 770. The molecule has 3 rings (SSSR count).